The summed E-state index contributed by atoms with van der Waals surface area (Å²) < 4.78 is 19.2. The third-order valence-electron chi connectivity index (χ3n) is 7.90. The first-order valence-corrected chi connectivity index (χ1v) is 13.1. The van der Waals surface area contributed by atoms with Crippen molar-refractivity contribution in [3.05, 3.63) is 121 Å². The molecule has 3 nitrogen and oxygen atoms in total. The summed E-state index contributed by atoms with van der Waals surface area (Å²) >= 11 is 0. The van der Waals surface area contributed by atoms with Gasteiger partial charge in [0.05, 0.1) is 0 Å². The minimum atomic E-state index is 0.813. The molecule has 0 unspecified atom stereocenters. The van der Waals surface area contributed by atoms with Crippen LogP contribution in [-0.4, -0.2) is 0 Å². The molecule has 1 aliphatic rings. The van der Waals surface area contributed by atoms with Gasteiger partial charge in [-0.3, -0.25) is 0 Å². The highest BCUT2D eigenvalue weighted by molar-refractivity contribution is 6.15. The molecule has 0 atom stereocenters. The van der Waals surface area contributed by atoms with Gasteiger partial charge in [-0.25, -0.2) is 0 Å². The monoisotopic (exact) mass is 500 g/mol. The lowest BCUT2D eigenvalue weighted by Gasteiger charge is -2.22. The van der Waals surface area contributed by atoms with Crippen molar-refractivity contribution in [3.8, 4) is 45.3 Å². The lowest BCUT2D eigenvalue weighted by Crippen LogP contribution is -1.97. The Morgan fingerprint density at radius 1 is 0.385 bits per heavy atom. The van der Waals surface area contributed by atoms with E-state index in [2.05, 4.69) is 97.1 Å². The fourth-order valence-corrected chi connectivity index (χ4v) is 6.14. The van der Waals surface area contributed by atoms with Crippen LogP contribution in [0.25, 0.3) is 77.3 Å². The Balaban J connectivity index is 1.23. The number of hydrogen-bond acceptors (Lipinski definition) is 3. The predicted octanol–water partition coefficient (Wildman–Crippen LogP) is 10.6. The van der Waals surface area contributed by atoms with Gasteiger partial charge in [0.1, 0.15) is 34.2 Å². The van der Waals surface area contributed by atoms with E-state index in [1.807, 2.05) is 24.3 Å². The van der Waals surface area contributed by atoms with E-state index < -0.39 is 0 Å². The SMILES string of the molecule is c1ccc2c(c1)Oc1ccc(-c3ccc(-c4cccc5oc6cc7ccccc7cc6c45)o3)c3cccc-2c13. The van der Waals surface area contributed by atoms with Crippen molar-refractivity contribution < 1.29 is 13.6 Å². The van der Waals surface area contributed by atoms with Gasteiger partial charge in [0.25, 0.3) is 0 Å². The van der Waals surface area contributed by atoms with Crippen molar-refractivity contribution in [1.29, 1.82) is 0 Å². The number of ether oxygens (including phenoxy) is 1. The molecule has 3 heteroatoms. The molecule has 8 aromatic rings. The molecule has 6 aromatic carbocycles. The zero-order valence-corrected chi connectivity index (χ0v) is 20.8. The van der Waals surface area contributed by atoms with Crippen LogP contribution in [0.1, 0.15) is 0 Å². The van der Waals surface area contributed by atoms with Gasteiger partial charge in [-0.2, -0.15) is 0 Å². The maximum atomic E-state index is 6.60. The Morgan fingerprint density at radius 3 is 2.05 bits per heavy atom. The maximum absolute atomic E-state index is 6.60. The third kappa shape index (κ3) is 2.93. The Morgan fingerprint density at radius 2 is 1.13 bits per heavy atom. The van der Waals surface area contributed by atoms with Crippen LogP contribution in [0.4, 0.5) is 0 Å². The van der Waals surface area contributed by atoms with E-state index in [9.17, 15) is 0 Å². The number of rotatable bonds is 2. The number of furan rings is 2. The van der Waals surface area contributed by atoms with E-state index in [0.717, 1.165) is 72.4 Å². The number of benzene rings is 6. The second-order valence-electron chi connectivity index (χ2n) is 10.1. The largest absolute Gasteiger partial charge is 0.456 e. The van der Waals surface area contributed by atoms with Gasteiger partial charge in [-0.05, 0) is 70.3 Å². The molecule has 0 saturated carbocycles. The number of fused-ring (bicyclic) bond motifs is 6. The fraction of sp³-hybridized carbons (Fsp3) is 0. The standard InChI is InChI=1S/C36H20O3/c1-2-8-22-20-34-28(19-21(22)7-1)36-27(12-6-14-32(36)39-34)31-18-17-30(37-31)24-15-16-33-35-25(10-5-11-26(24)35)23-9-3-4-13-29(23)38-33/h1-20H. The molecule has 0 radical (unpaired) electrons. The third-order valence-corrected chi connectivity index (χ3v) is 7.90. The molecule has 39 heavy (non-hydrogen) atoms. The van der Waals surface area contributed by atoms with Crippen LogP contribution in [0, 0.1) is 0 Å². The minimum absolute atomic E-state index is 0.813. The molecule has 0 amide bonds. The molecule has 1 aliphatic heterocycles. The quantitative estimate of drug-likeness (QED) is 0.237. The molecular formula is C36H20O3. The summed E-state index contributed by atoms with van der Waals surface area (Å²) in [4.78, 5) is 0. The summed E-state index contributed by atoms with van der Waals surface area (Å²) in [6, 6.07) is 41.8. The molecule has 0 aliphatic carbocycles. The van der Waals surface area contributed by atoms with Crippen molar-refractivity contribution in [2.24, 2.45) is 0 Å². The van der Waals surface area contributed by atoms with Crippen LogP contribution in [0.3, 0.4) is 0 Å². The van der Waals surface area contributed by atoms with Crippen LogP contribution < -0.4 is 4.74 Å². The first-order valence-electron chi connectivity index (χ1n) is 13.1. The summed E-state index contributed by atoms with van der Waals surface area (Å²) in [5.74, 6) is 3.40. The predicted molar refractivity (Wildman–Crippen MR) is 157 cm³/mol. The van der Waals surface area contributed by atoms with E-state index in [4.69, 9.17) is 13.6 Å². The Hall–Kier alpha value is -5.28. The van der Waals surface area contributed by atoms with Crippen LogP contribution >= 0.6 is 0 Å². The normalized spacial score (nSPS) is 12.3. The molecule has 3 heterocycles. The summed E-state index contributed by atoms with van der Waals surface area (Å²) in [5, 5.41) is 6.74. The second kappa shape index (κ2) is 7.62. The average molecular weight is 501 g/mol. The van der Waals surface area contributed by atoms with E-state index in [0.29, 0.717) is 0 Å². The number of para-hydroxylation sites is 1. The molecule has 0 bridgehead atoms. The van der Waals surface area contributed by atoms with Crippen molar-refractivity contribution >= 4 is 43.5 Å². The molecule has 182 valence electrons. The lowest BCUT2D eigenvalue weighted by molar-refractivity contribution is 0.487. The minimum Gasteiger partial charge on any atom is -0.456 e. The first-order chi connectivity index (χ1) is 19.3. The molecule has 0 N–H and O–H groups in total. The van der Waals surface area contributed by atoms with Crippen molar-refractivity contribution in [3.63, 3.8) is 0 Å². The number of hydrogen-bond donors (Lipinski definition) is 0. The van der Waals surface area contributed by atoms with Gasteiger partial charge in [0.2, 0.25) is 0 Å². The van der Waals surface area contributed by atoms with Gasteiger partial charge in [-0.15, -0.1) is 0 Å². The highest BCUT2D eigenvalue weighted by Crippen LogP contribution is 2.49. The van der Waals surface area contributed by atoms with Crippen molar-refractivity contribution in [1.82, 2.24) is 0 Å². The average Bonchev–Trinajstić information content (AvgIpc) is 3.61. The van der Waals surface area contributed by atoms with Gasteiger partial charge < -0.3 is 13.6 Å². The zero-order valence-electron chi connectivity index (χ0n) is 20.8. The summed E-state index contributed by atoms with van der Waals surface area (Å²) in [7, 11) is 0. The van der Waals surface area contributed by atoms with Gasteiger partial charge in [-0.1, -0.05) is 72.8 Å². The Kier molecular flexibility index (Phi) is 4.05. The lowest BCUT2D eigenvalue weighted by atomic mass is 9.92. The molecular weight excluding hydrogens is 480 g/mol. The molecule has 0 saturated heterocycles. The van der Waals surface area contributed by atoms with Crippen LogP contribution in [0.2, 0.25) is 0 Å². The van der Waals surface area contributed by atoms with Crippen LogP contribution in [0.15, 0.2) is 130 Å². The summed E-state index contributed by atoms with van der Waals surface area (Å²) in [5.41, 5.74) is 6.09. The Labute approximate surface area is 223 Å². The topological polar surface area (TPSA) is 35.5 Å². The molecule has 0 spiro atoms. The summed E-state index contributed by atoms with van der Waals surface area (Å²) in [6.07, 6.45) is 0. The molecule has 2 aromatic heterocycles. The van der Waals surface area contributed by atoms with E-state index >= 15 is 0 Å². The fourth-order valence-electron chi connectivity index (χ4n) is 6.14. The van der Waals surface area contributed by atoms with Gasteiger partial charge in [0.15, 0.2) is 0 Å². The Bertz CT molecular complexity index is 2260. The molecule has 0 fully saturated rings. The summed E-state index contributed by atoms with van der Waals surface area (Å²) in [6.45, 7) is 0. The van der Waals surface area contributed by atoms with E-state index in [1.165, 1.54) is 16.3 Å². The first kappa shape index (κ1) is 20.7. The highest BCUT2D eigenvalue weighted by Gasteiger charge is 2.22. The van der Waals surface area contributed by atoms with Gasteiger partial charge >= 0.3 is 0 Å². The smallest absolute Gasteiger partial charge is 0.136 e. The van der Waals surface area contributed by atoms with Crippen molar-refractivity contribution in [2.45, 2.75) is 0 Å². The van der Waals surface area contributed by atoms with Gasteiger partial charge in [0, 0.05) is 32.8 Å². The maximum Gasteiger partial charge on any atom is 0.136 e. The van der Waals surface area contributed by atoms with E-state index in [-0.39, 0.29) is 0 Å². The highest BCUT2D eigenvalue weighted by atomic mass is 16.5. The van der Waals surface area contributed by atoms with E-state index in [1.54, 1.807) is 0 Å². The second-order valence-corrected chi connectivity index (χ2v) is 10.1. The zero-order chi connectivity index (χ0) is 25.5. The van der Waals surface area contributed by atoms with Crippen LogP contribution in [-0.2, 0) is 0 Å². The van der Waals surface area contributed by atoms with Crippen molar-refractivity contribution in [2.75, 3.05) is 0 Å². The van der Waals surface area contributed by atoms with Crippen LogP contribution in [0.5, 0.6) is 11.5 Å². The molecule has 9 rings (SSSR count).